The number of nitrogens with one attached hydrogen (secondary N) is 1. The summed E-state index contributed by atoms with van der Waals surface area (Å²) in [5.74, 6) is 0. The van der Waals surface area contributed by atoms with Crippen molar-refractivity contribution in [1.82, 2.24) is 24.9 Å². The lowest BCUT2D eigenvalue weighted by atomic mass is 9.95. The summed E-state index contributed by atoms with van der Waals surface area (Å²) in [5.41, 5.74) is 8.89. The lowest BCUT2D eigenvalue weighted by molar-refractivity contribution is 0.589. The van der Waals surface area contributed by atoms with E-state index >= 15 is 0 Å². The quantitative estimate of drug-likeness (QED) is 0.558. The molecule has 1 aromatic carbocycles. The van der Waals surface area contributed by atoms with Crippen molar-refractivity contribution in [3.63, 3.8) is 0 Å². The van der Waals surface area contributed by atoms with E-state index in [1.54, 1.807) is 0 Å². The number of allylic oxidation sites excluding steroid dienone is 1. The summed E-state index contributed by atoms with van der Waals surface area (Å²) in [6.45, 7) is 4.19. The Hall–Kier alpha value is -3.51. The number of nitrogens with zero attached hydrogens (tertiary/aromatic N) is 5. The van der Waals surface area contributed by atoms with Crippen molar-refractivity contribution >= 4 is 17.4 Å². The van der Waals surface area contributed by atoms with Gasteiger partial charge in [-0.2, -0.15) is 5.10 Å². The number of fused-ring (bicyclic) bond motifs is 2. The van der Waals surface area contributed by atoms with Crippen LogP contribution in [0.2, 0.25) is 0 Å². The molecule has 0 amide bonds. The highest BCUT2D eigenvalue weighted by Crippen LogP contribution is 2.32. The monoisotopic (exact) mass is 408 g/mol. The van der Waals surface area contributed by atoms with E-state index in [4.69, 9.17) is 4.98 Å². The Labute approximate surface area is 181 Å². The Morgan fingerprint density at radius 2 is 1.74 bits per heavy atom. The van der Waals surface area contributed by atoms with Crippen molar-refractivity contribution in [2.75, 3.05) is 31.1 Å². The van der Waals surface area contributed by atoms with Crippen molar-refractivity contribution in [3.05, 3.63) is 72.5 Å². The molecule has 0 radical (unpaired) electrons. The van der Waals surface area contributed by atoms with Gasteiger partial charge < -0.3 is 10.2 Å². The highest BCUT2D eigenvalue weighted by Gasteiger charge is 2.16. The molecule has 1 saturated heterocycles. The molecule has 3 aromatic heterocycles. The molecule has 0 atom stereocenters. The van der Waals surface area contributed by atoms with Gasteiger partial charge in [-0.1, -0.05) is 24.3 Å². The van der Waals surface area contributed by atoms with Crippen LogP contribution < -0.4 is 10.2 Å². The minimum absolute atomic E-state index is 0.869. The predicted molar refractivity (Wildman–Crippen MR) is 124 cm³/mol. The van der Waals surface area contributed by atoms with Crippen LogP contribution in [-0.4, -0.2) is 45.8 Å². The fraction of sp³-hybridized carbons (Fsp3) is 0.240. The highest BCUT2D eigenvalue weighted by atomic mass is 15.2. The van der Waals surface area contributed by atoms with Crippen LogP contribution in [0.3, 0.4) is 0 Å². The summed E-state index contributed by atoms with van der Waals surface area (Å²) in [5, 5.41) is 8.02. The first-order chi connectivity index (χ1) is 15.4. The average molecular weight is 409 g/mol. The van der Waals surface area contributed by atoms with Gasteiger partial charge in [0.1, 0.15) is 0 Å². The number of pyridine rings is 1. The zero-order valence-electron chi connectivity index (χ0n) is 17.3. The first kappa shape index (κ1) is 18.3. The van der Waals surface area contributed by atoms with E-state index in [1.807, 2.05) is 23.1 Å². The summed E-state index contributed by atoms with van der Waals surface area (Å²) < 4.78 is 1.88. The summed E-state index contributed by atoms with van der Waals surface area (Å²) in [4.78, 5) is 11.8. The van der Waals surface area contributed by atoms with Gasteiger partial charge in [-0.3, -0.25) is 4.98 Å². The van der Waals surface area contributed by atoms with E-state index in [1.165, 1.54) is 11.3 Å². The second kappa shape index (κ2) is 7.63. The van der Waals surface area contributed by atoms with E-state index in [0.717, 1.165) is 72.6 Å². The number of hydrogen-bond acceptors (Lipinski definition) is 5. The van der Waals surface area contributed by atoms with Gasteiger partial charge in [-0.25, -0.2) is 9.50 Å². The molecular weight excluding hydrogens is 384 g/mol. The third-order valence-electron chi connectivity index (χ3n) is 6.23. The number of aromatic nitrogens is 4. The Morgan fingerprint density at radius 3 is 2.61 bits per heavy atom. The van der Waals surface area contributed by atoms with Gasteiger partial charge in [-0.15, -0.1) is 0 Å². The lowest BCUT2D eigenvalue weighted by Crippen LogP contribution is -2.43. The van der Waals surface area contributed by atoms with Crippen LogP contribution in [0.4, 0.5) is 5.69 Å². The number of piperazine rings is 1. The van der Waals surface area contributed by atoms with Gasteiger partial charge in [0, 0.05) is 72.8 Å². The predicted octanol–water partition coefficient (Wildman–Crippen LogP) is 3.83. The molecule has 1 aliphatic heterocycles. The van der Waals surface area contributed by atoms with E-state index in [9.17, 15) is 0 Å². The SMILES string of the molecule is C1=Cc2c(-c3cnn4cc(-c5ccc(N6CCNCC6)cc5)cnc34)ccnc2CC1. The fourth-order valence-electron chi connectivity index (χ4n) is 4.56. The van der Waals surface area contributed by atoms with Gasteiger partial charge in [0.25, 0.3) is 0 Å². The van der Waals surface area contributed by atoms with E-state index < -0.39 is 0 Å². The van der Waals surface area contributed by atoms with E-state index in [0.29, 0.717) is 0 Å². The van der Waals surface area contributed by atoms with Crippen molar-refractivity contribution in [2.45, 2.75) is 12.8 Å². The fourth-order valence-corrected chi connectivity index (χ4v) is 4.56. The molecule has 0 saturated carbocycles. The summed E-state index contributed by atoms with van der Waals surface area (Å²) in [6, 6.07) is 10.8. The standard InChI is InChI=1S/C25H24N6/c1-2-4-24-22(3-1)21(9-10-27-24)23-16-29-31-17-19(15-28-25(23)31)18-5-7-20(8-6-18)30-13-11-26-12-14-30/h1,3,5-10,15-17,26H,2,4,11-14H2. The molecule has 1 aliphatic carbocycles. The van der Waals surface area contributed by atoms with Crippen LogP contribution in [0, 0.1) is 0 Å². The first-order valence-corrected chi connectivity index (χ1v) is 10.9. The molecule has 0 spiro atoms. The summed E-state index contributed by atoms with van der Waals surface area (Å²) in [6.07, 6.45) is 14.3. The molecule has 2 aliphatic rings. The number of rotatable bonds is 3. The van der Waals surface area contributed by atoms with Gasteiger partial charge >= 0.3 is 0 Å². The number of benzene rings is 1. The zero-order valence-corrected chi connectivity index (χ0v) is 17.3. The molecule has 1 fully saturated rings. The van der Waals surface area contributed by atoms with Gasteiger partial charge in [0.05, 0.1) is 6.20 Å². The number of hydrogen-bond donors (Lipinski definition) is 1. The zero-order chi connectivity index (χ0) is 20.6. The van der Waals surface area contributed by atoms with Crippen molar-refractivity contribution in [1.29, 1.82) is 0 Å². The van der Waals surface area contributed by atoms with Crippen LogP contribution in [0.1, 0.15) is 17.7 Å². The molecule has 4 aromatic rings. The molecule has 0 bridgehead atoms. The molecule has 31 heavy (non-hydrogen) atoms. The minimum Gasteiger partial charge on any atom is -0.369 e. The van der Waals surface area contributed by atoms with Crippen LogP contribution in [0.25, 0.3) is 34.0 Å². The van der Waals surface area contributed by atoms with E-state index in [2.05, 4.69) is 69.0 Å². The largest absolute Gasteiger partial charge is 0.369 e. The van der Waals surface area contributed by atoms with E-state index in [-0.39, 0.29) is 0 Å². The third-order valence-corrected chi connectivity index (χ3v) is 6.23. The Morgan fingerprint density at radius 1 is 0.871 bits per heavy atom. The Balaban J connectivity index is 1.34. The average Bonchev–Trinajstić information content (AvgIpc) is 3.27. The second-order valence-electron chi connectivity index (χ2n) is 8.11. The third kappa shape index (κ3) is 3.29. The van der Waals surface area contributed by atoms with Crippen molar-refractivity contribution < 1.29 is 0 Å². The second-order valence-corrected chi connectivity index (χ2v) is 8.11. The number of aryl methyl sites for hydroxylation is 1. The maximum atomic E-state index is 4.79. The van der Waals surface area contributed by atoms with Crippen molar-refractivity contribution in [3.8, 4) is 22.3 Å². The topological polar surface area (TPSA) is 58.4 Å². The smallest absolute Gasteiger partial charge is 0.162 e. The van der Waals surface area contributed by atoms with Crippen LogP contribution in [-0.2, 0) is 6.42 Å². The molecule has 154 valence electrons. The number of anilines is 1. The lowest BCUT2D eigenvalue weighted by Gasteiger charge is -2.29. The van der Waals surface area contributed by atoms with Gasteiger partial charge in [0.15, 0.2) is 5.65 Å². The Kier molecular flexibility index (Phi) is 4.50. The molecule has 6 rings (SSSR count). The van der Waals surface area contributed by atoms with Crippen LogP contribution in [0.5, 0.6) is 0 Å². The van der Waals surface area contributed by atoms with Crippen molar-refractivity contribution in [2.24, 2.45) is 0 Å². The molecule has 0 unspecified atom stereocenters. The Bertz CT molecular complexity index is 1270. The van der Waals surface area contributed by atoms with Gasteiger partial charge in [-0.05, 0) is 42.2 Å². The maximum absolute atomic E-state index is 4.79. The molecule has 1 N–H and O–H groups in total. The van der Waals surface area contributed by atoms with Crippen LogP contribution in [0.15, 0.2) is 61.2 Å². The van der Waals surface area contributed by atoms with Gasteiger partial charge in [0.2, 0.25) is 0 Å². The molecule has 6 heteroatoms. The molecule has 4 heterocycles. The molecular formula is C25H24N6. The maximum Gasteiger partial charge on any atom is 0.162 e. The highest BCUT2D eigenvalue weighted by molar-refractivity contribution is 5.84. The summed E-state index contributed by atoms with van der Waals surface area (Å²) in [7, 11) is 0. The molecule has 6 nitrogen and oxygen atoms in total. The first-order valence-electron chi connectivity index (χ1n) is 10.9. The van der Waals surface area contributed by atoms with Crippen LogP contribution >= 0.6 is 0 Å². The summed E-state index contributed by atoms with van der Waals surface area (Å²) >= 11 is 0. The minimum atomic E-state index is 0.869. The normalized spacial score (nSPS) is 15.9.